The van der Waals surface area contributed by atoms with E-state index in [2.05, 4.69) is 37.7 Å². The first-order chi connectivity index (χ1) is 10.9. The van der Waals surface area contributed by atoms with Gasteiger partial charge in [0.05, 0.1) is 12.2 Å². The monoisotopic (exact) mass is 297 g/mol. The first-order valence-electron chi connectivity index (χ1n) is 8.25. The zero-order chi connectivity index (χ0) is 14.8. The molecule has 2 aliphatic heterocycles. The molecule has 1 saturated heterocycles. The Morgan fingerprint density at radius 2 is 1.73 bits per heavy atom. The van der Waals surface area contributed by atoms with Gasteiger partial charge in [0.25, 0.3) is 0 Å². The number of hydrogen-bond acceptors (Lipinski definition) is 4. The van der Waals surface area contributed by atoms with Gasteiger partial charge in [0.15, 0.2) is 0 Å². The fourth-order valence-electron chi connectivity index (χ4n) is 3.49. The number of hydrogen-bond donors (Lipinski definition) is 0. The van der Waals surface area contributed by atoms with Crippen molar-refractivity contribution in [2.45, 2.75) is 39.0 Å². The summed E-state index contributed by atoms with van der Waals surface area (Å²) in [5, 5.41) is 0. The van der Waals surface area contributed by atoms with Crippen LogP contribution in [0.1, 0.15) is 29.9 Å². The Morgan fingerprint density at radius 1 is 0.909 bits per heavy atom. The molecular formula is C17H23N5. The molecule has 2 aromatic rings. The maximum atomic E-state index is 4.87. The molecule has 0 atom stereocenters. The zero-order valence-electron chi connectivity index (χ0n) is 13.0. The molecule has 4 heterocycles. The summed E-state index contributed by atoms with van der Waals surface area (Å²) in [6, 6.07) is 4.19. The average Bonchev–Trinajstić information content (AvgIpc) is 3.17. The topological polar surface area (TPSA) is 37.2 Å². The third kappa shape index (κ3) is 3.05. The Labute approximate surface area is 131 Å². The summed E-state index contributed by atoms with van der Waals surface area (Å²) in [5.41, 5.74) is 2.56. The quantitative estimate of drug-likeness (QED) is 0.863. The van der Waals surface area contributed by atoms with Gasteiger partial charge < -0.3 is 4.57 Å². The van der Waals surface area contributed by atoms with Crippen LogP contribution < -0.4 is 0 Å². The first-order valence-corrected chi connectivity index (χ1v) is 8.25. The smallest absolute Gasteiger partial charge is 0.123 e. The molecule has 0 aliphatic carbocycles. The molecule has 0 unspecified atom stereocenters. The van der Waals surface area contributed by atoms with Crippen molar-refractivity contribution >= 4 is 0 Å². The minimum atomic E-state index is 0.947. The minimum absolute atomic E-state index is 0.947. The standard InChI is InChI=1S/C17H23N5/c1-2-8-20(7-1)12-16-13-22-10-9-21(14-17(22)19-16)11-15-3-5-18-6-4-15/h3-6,13H,1-2,7-12,14H2. The second-order valence-electron chi connectivity index (χ2n) is 6.39. The van der Waals surface area contributed by atoms with Crippen molar-refractivity contribution in [3.63, 3.8) is 0 Å². The van der Waals surface area contributed by atoms with Gasteiger partial charge in [-0.25, -0.2) is 4.98 Å². The van der Waals surface area contributed by atoms with Crippen LogP contribution in [-0.2, 0) is 26.2 Å². The van der Waals surface area contributed by atoms with Gasteiger partial charge in [-0.05, 0) is 43.6 Å². The highest BCUT2D eigenvalue weighted by Gasteiger charge is 2.20. The summed E-state index contributed by atoms with van der Waals surface area (Å²) in [7, 11) is 0. The lowest BCUT2D eigenvalue weighted by atomic mass is 10.2. The van der Waals surface area contributed by atoms with E-state index in [1.807, 2.05) is 12.4 Å². The molecular weight excluding hydrogens is 274 g/mol. The van der Waals surface area contributed by atoms with E-state index < -0.39 is 0 Å². The summed E-state index contributed by atoms with van der Waals surface area (Å²) in [6.45, 7) is 7.55. The van der Waals surface area contributed by atoms with E-state index in [0.29, 0.717) is 0 Å². The molecule has 2 aliphatic rings. The molecule has 4 rings (SSSR count). The zero-order valence-corrected chi connectivity index (χ0v) is 13.0. The van der Waals surface area contributed by atoms with Crippen LogP contribution in [0.3, 0.4) is 0 Å². The van der Waals surface area contributed by atoms with E-state index >= 15 is 0 Å². The lowest BCUT2D eigenvalue weighted by Gasteiger charge is -2.27. The second-order valence-corrected chi connectivity index (χ2v) is 6.39. The molecule has 0 saturated carbocycles. The predicted octanol–water partition coefficient (Wildman–Crippen LogP) is 1.89. The van der Waals surface area contributed by atoms with Gasteiger partial charge in [-0.2, -0.15) is 0 Å². The van der Waals surface area contributed by atoms with E-state index in [1.165, 1.54) is 43.0 Å². The minimum Gasteiger partial charge on any atom is -0.332 e. The van der Waals surface area contributed by atoms with Crippen LogP contribution in [0.25, 0.3) is 0 Å². The summed E-state index contributed by atoms with van der Waals surface area (Å²) in [5.74, 6) is 1.22. The molecule has 5 nitrogen and oxygen atoms in total. The third-order valence-corrected chi connectivity index (χ3v) is 4.67. The molecule has 0 spiro atoms. The van der Waals surface area contributed by atoms with Crippen molar-refractivity contribution in [1.29, 1.82) is 0 Å². The highest BCUT2D eigenvalue weighted by atomic mass is 15.2. The number of fused-ring (bicyclic) bond motifs is 1. The van der Waals surface area contributed by atoms with E-state index in [-0.39, 0.29) is 0 Å². The summed E-state index contributed by atoms with van der Waals surface area (Å²) >= 11 is 0. The molecule has 5 heteroatoms. The summed E-state index contributed by atoms with van der Waals surface area (Å²) in [6.07, 6.45) is 8.68. The molecule has 0 amide bonds. The number of pyridine rings is 1. The number of nitrogens with zero attached hydrogens (tertiary/aromatic N) is 5. The van der Waals surface area contributed by atoms with Crippen molar-refractivity contribution < 1.29 is 0 Å². The Hall–Kier alpha value is -1.72. The Balaban J connectivity index is 1.41. The van der Waals surface area contributed by atoms with E-state index in [9.17, 15) is 0 Å². The Morgan fingerprint density at radius 3 is 2.55 bits per heavy atom. The van der Waals surface area contributed by atoms with Crippen molar-refractivity contribution in [2.24, 2.45) is 0 Å². The SMILES string of the molecule is c1cc(CN2CCn3cc(CN4CCCC4)nc3C2)ccn1. The van der Waals surface area contributed by atoms with Crippen molar-refractivity contribution in [3.8, 4) is 0 Å². The largest absolute Gasteiger partial charge is 0.332 e. The number of imidazole rings is 1. The van der Waals surface area contributed by atoms with Crippen LogP contribution >= 0.6 is 0 Å². The normalized spacial score (nSPS) is 19.5. The highest BCUT2D eigenvalue weighted by molar-refractivity contribution is 5.11. The molecule has 2 aromatic heterocycles. The average molecular weight is 297 g/mol. The second kappa shape index (κ2) is 6.18. The van der Waals surface area contributed by atoms with Gasteiger partial charge in [0.2, 0.25) is 0 Å². The molecule has 0 radical (unpaired) electrons. The van der Waals surface area contributed by atoms with Crippen molar-refractivity contribution in [1.82, 2.24) is 24.3 Å². The molecule has 0 aromatic carbocycles. The van der Waals surface area contributed by atoms with Crippen LogP contribution in [0, 0.1) is 0 Å². The molecule has 1 fully saturated rings. The van der Waals surface area contributed by atoms with Gasteiger partial charge in [-0.15, -0.1) is 0 Å². The van der Waals surface area contributed by atoms with Crippen molar-refractivity contribution in [2.75, 3.05) is 19.6 Å². The summed E-state index contributed by atoms with van der Waals surface area (Å²) in [4.78, 5) is 13.9. The predicted molar refractivity (Wildman–Crippen MR) is 85.1 cm³/mol. The van der Waals surface area contributed by atoms with Crippen LogP contribution in [0.2, 0.25) is 0 Å². The first kappa shape index (κ1) is 13.9. The Bertz CT molecular complexity index is 615. The van der Waals surface area contributed by atoms with E-state index in [1.54, 1.807) is 0 Å². The van der Waals surface area contributed by atoms with Crippen LogP contribution in [-0.4, -0.2) is 44.0 Å². The lowest BCUT2D eigenvalue weighted by Crippen LogP contribution is -2.33. The van der Waals surface area contributed by atoms with Gasteiger partial charge >= 0.3 is 0 Å². The van der Waals surface area contributed by atoms with Gasteiger partial charge in [-0.3, -0.25) is 14.8 Å². The van der Waals surface area contributed by atoms with E-state index in [0.717, 1.165) is 32.7 Å². The molecule has 22 heavy (non-hydrogen) atoms. The molecule has 0 bridgehead atoms. The van der Waals surface area contributed by atoms with Gasteiger partial charge in [0, 0.05) is 44.8 Å². The van der Waals surface area contributed by atoms with E-state index in [4.69, 9.17) is 4.98 Å². The van der Waals surface area contributed by atoms with Crippen molar-refractivity contribution in [3.05, 3.63) is 47.8 Å². The highest BCUT2D eigenvalue weighted by Crippen LogP contribution is 2.17. The Kier molecular flexibility index (Phi) is 3.91. The maximum absolute atomic E-state index is 4.87. The molecule has 0 N–H and O–H groups in total. The van der Waals surface area contributed by atoms with Crippen LogP contribution in [0.5, 0.6) is 0 Å². The van der Waals surface area contributed by atoms with Gasteiger partial charge in [-0.1, -0.05) is 0 Å². The fraction of sp³-hybridized carbons (Fsp3) is 0.529. The molecule has 116 valence electrons. The van der Waals surface area contributed by atoms with Crippen LogP contribution in [0.15, 0.2) is 30.7 Å². The lowest BCUT2D eigenvalue weighted by molar-refractivity contribution is 0.209. The maximum Gasteiger partial charge on any atom is 0.123 e. The number of rotatable bonds is 4. The fourth-order valence-corrected chi connectivity index (χ4v) is 3.49. The third-order valence-electron chi connectivity index (χ3n) is 4.67. The van der Waals surface area contributed by atoms with Gasteiger partial charge in [0.1, 0.15) is 5.82 Å². The summed E-state index contributed by atoms with van der Waals surface area (Å²) < 4.78 is 2.34. The number of aromatic nitrogens is 3. The van der Waals surface area contributed by atoms with Crippen LogP contribution in [0.4, 0.5) is 0 Å². The number of likely N-dealkylation sites (tertiary alicyclic amines) is 1.